The first kappa shape index (κ1) is 17.4. The van der Waals surface area contributed by atoms with E-state index in [1.807, 2.05) is 47.8 Å². The van der Waals surface area contributed by atoms with Crippen molar-refractivity contribution in [3.05, 3.63) is 52.7 Å². The number of carbonyl (C=O) groups is 1. The standard InChI is InChI=1S/C16H17N5O2S2/c22-15(17-8-9-23-13-5-2-1-3-6-13)12-25-16-18-19-20-21(16)11-14-7-4-10-24-14/h1-7,10H,8-9,11-12H2,(H,17,22). The molecule has 1 amide bonds. The minimum atomic E-state index is -0.0765. The molecular formula is C16H17N5O2S2. The molecule has 3 rings (SSSR count). The van der Waals surface area contributed by atoms with Gasteiger partial charge in [-0.2, -0.15) is 0 Å². The molecular weight excluding hydrogens is 358 g/mol. The molecule has 1 N–H and O–H groups in total. The van der Waals surface area contributed by atoms with Crippen LogP contribution in [-0.4, -0.2) is 45.0 Å². The van der Waals surface area contributed by atoms with Crippen molar-refractivity contribution >= 4 is 29.0 Å². The summed E-state index contributed by atoms with van der Waals surface area (Å²) < 4.78 is 7.22. The first-order chi connectivity index (χ1) is 12.3. The lowest BCUT2D eigenvalue weighted by molar-refractivity contribution is -0.118. The van der Waals surface area contributed by atoms with Gasteiger partial charge < -0.3 is 10.1 Å². The van der Waals surface area contributed by atoms with Gasteiger partial charge >= 0.3 is 0 Å². The van der Waals surface area contributed by atoms with Crippen LogP contribution in [0.5, 0.6) is 5.75 Å². The van der Waals surface area contributed by atoms with E-state index in [4.69, 9.17) is 4.74 Å². The normalized spacial score (nSPS) is 10.6. The third-order valence-electron chi connectivity index (χ3n) is 3.15. The Labute approximate surface area is 153 Å². The van der Waals surface area contributed by atoms with E-state index in [2.05, 4.69) is 20.8 Å². The Balaban J connectivity index is 1.37. The fraction of sp³-hybridized carbons (Fsp3) is 0.250. The molecule has 2 aromatic heterocycles. The highest BCUT2D eigenvalue weighted by atomic mass is 32.2. The van der Waals surface area contributed by atoms with Crippen LogP contribution in [0.25, 0.3) is 0 Å². The number of tetrazole rings is 1. The molecule has 0 aliphatic heterocycles. The largest absolute Gasteiger partial charge is 0.492 e. The molecule has 0 unspecified atom stereocenters. The summed E-state index contributed by atoms with van der Waals surface area (Å²) in [6.07, 6.45) is 0. The molecule has 0 bridgehead atoms. The highest BCUT2D eigenvalue weighted by Crippen LogP contribution is 2.16. The average molecular weight is 375 g/mol. The van der Waals surface area contributed by atoms with Crippen molar-refractivity contribution in [2.24, 2.45) is 0 Å². The van der Waals surface area contributed by atoms with Crippen molar-refractivity contribution in [1.29, 1.82) is 0 Å². The van der Waals surface area contributed by atoms with Crippen LogP contribution in [0.3, 0.4) is 0 Å². The van der Waals surface area contributed by atoms with Gasteiger partial charge in [-0.1, -0.05) is 36.0 Å². The molecule has 0 fully saturated rings. The highest BCUT2D eigenvalue weighted by molar-refractivity contribution is 7.99. The number of aromatic nitrogens is 4. The van der Waals surface area contributed by atoms with Gasteiger partial charge in [0.05, 0.1) is 18.8 Å². The number of hydrogen-bond donors (Lipinski definition) is 1. The van der Waals surface area contributed by atoms with Crippen LogP contribution in [0, 0.1) is 0 Å². The Hall–Kier alpha value is -2.39. The molecule has 0 saturated heterocycles. The lowest BCUT2D eigenvalue weighted by atomic mass is 10.3. The molecule has 0 spiro atoms. The first-order valence-corrected chi connectivity index (χ1v) is 9.53. The van der Waals surface area contributed by atoms with E-state index in [0.29, 0.717) is 24.9 Å². The zero-order chi connectivity index (χ0) is 17.3. The summed E-state index contributed by atoms with van der Waals surface area (Å²) in [7, 11) is 0. The molecule has 0 saturated carbocycles. The molecule has 0 radical (unpaired) electrons. The Bertz CT molecular complexity index is 777. The summed E-state index contributed by atoms with van der Waals surface area (Å²) in [4.78, 5) is 13.1. The number of thioether (sulfide) groups is 1. The van der Waals surface area contributed by atoms with E-state index in [1.165, 1.54) is 11.8 Å². The quantitative estimate of drug-likeness (QED) is 0.455. The number of benzene rings is 1. The van der Waals surface area contributed by atoms with Gasteiger partial charge in [0.25, 0.3) is 0 Å². The van der Waals surface area contributed by atoms with E-state index in [1.54, 1.807) is 16.0 Å². The maximum atomic E-state index is 11.9. The van der Waals surface area contributed by atoms with Gasteiger partial charge in [-0.25, -0.2) is 4.68 Å². The molecule has 3 aromatic rings. The third kappa shape index (κ3) is 5.57. The summed E-state index contributed by atoms with van der Waals surface area (Å²) in [6, 6.07) is 13.5. The van der Waals surface area contributed by atoms with Crippen molar-refractivity contribution in [2.45, 2.75) is 11.7 Å². The van der Waals surface area contributed by atoms with Crippen LogP contribution >= 0.6 is 23.1 Å². The molecule has 130 valence electrons. The van der Waals surface area contributed by atoms with Crippen molar-refractivity contribution < 1.29 is 9.53 Å². The second-order valence-corrected chi connectivity index (χ2v) is 6.97. The molecule has 0 aliphatic rings. The number of rotatable bonds is 9. The third-order valence-corrected chi connectivity index (χ3v) is 4.97. The first-order valence-electron chi connectivity index (χ1n) is 7.67. The van der Waals surface area contributed by atoms with Crippen molar-refractivity contribution in [3.8, 4) is 5.75 Å². The fourth-order valence-electron chi connectivity index (χ4n) is 2.01. The van der Waals surface area contributed by atoms with Crippen LogP contribution in [0.4, 0.5) is 0 Å². The Kier molecular flexibility index (Phi) is 6.41. The molecule has 9 heteroatoms. The molecule has 2 heterocycles. The van der Waals surface area contributed by atoms with Crippen LogP contribution in [-0.2, 0) is 11.3 Å². The smallest absolute Gasteiger partial charge is 0.230 e. The number of ether oxygens (including phenoxy) is 1. The van der Waals surface area contributed by atoms with Gasteiger partial charge in [0.15, 0.2) is 0 Å². The van der Waals surface area contributed by atoms with E-state index < -0.39 is 0 Å². The van der Waals surface area contributed by atoms with Gasteiger partial charge in [0.1, 0.15) is 12.4 Å². The minimum absolute atomic E-state index is 0.0765. The summed E-state index contributed by atoms with van der Waals surface area (Å²) >= 11 is 2.96. The van der Waals surface area contributed by atoms with Crippen LogP contribution in [0.1, 0.15) is 4.88 Å². The SMILES string of the molecule is O=C(CSc1nnnn1Cc1cccs1)NCCOc1ccccc1. The molecule has 0 atom stereocenters. The lowest BCUT2D eigenvalue weighted by Gasteiger charge is -2.07. The number of para-hydroxylation sites is 1. The molecule has 0 aliphatic carbocycles. The zero-order valence-corrected chi connectivity index (χ0v) is 15.0. The summed E-state index contributed by atoms with van der Waals surface area (Å²) in [5.41, 5.74) is 0. The van der Waals surface area contributed by atoms with Crippen molar-refractivity contribution in [1.82, 2.24) is 25.5 Å². The van der Waals surface area contributed by atoms with Gasteiger partial charge in [0.2, 0.25) is 11.1 Å². The monoisotopic (exact) mass is 375 g/mol. The average Bonchev–Trinajstić information content (AvgIpc) is 3.30. The highest BCUT2D eigenvalue weighted by Gasteiger charge is 2.10. The lowest BCUT2D eigenvalue weighted by Crippen LogP contribution is -2.29. The number of nitrogens with zero attached hydrogens (tertiary/aromatic N) is 4. The fourth-order valence-corrected chi connectivity index (χ4v) is 3.40. The molecule has 25 heavy (non-hydrogen) atoms. The van der Waals surface area contributed by atoms with E-state index >= 15 is 0 Å². The van der Waals surface area contributed by atoms with Gasteiger partial charge in [0, 0.05) is 4.88 Å². The second-order valence-electron chi connectivity index (χ2n) is 5.00. The second kappa shape index (κ2) is 9.19. The van der Waals surface area contributed by atoms with Crippen LogP contribution in [0.2, 0.25) is 0 Å². The van der Waals surface area contributed by atoms with E-state index in [0.717, 1.165) is 10.6 Å². The predicted molar refractivity (Wildman–Crippen MR) is 96.9 cm³/mol. The Morgan fingerprint density at radius 2 is 2.12 bits per heavy atom. The van der Waals surface area contributed by atoms with Crippen molar-refractivity contribution in [2.75, 3.05) is 18.9 Å². The van der Waals surface area contributed by atoms with Gasteiger partial charge in [-0.05, 0) is 34.0 Å². The number of thiophene rings is 1. The maximum Gasteiger partial charge on any atom is 0.230 e. The number of amides is 1. The predicted octanol–water partition coefficient (Wildman–Crippen LogP) is 2.07. The zero-order valence-electron chi connectivity index (χ0n) is 13.4. The summed E-state index contributed by atoms with van der Waals surface area (Å²) in [5, 5.41) is 17.1. The van der Waals surface area contributed by atoms with Crippen LogP contribution in [0.15, 0.2) is 53.0 Å². The molecule has 1 aromatic carbocycles. The number of carbonyl (C=O) groups excluding carboxylic acids is 1. The minimum Gasteiger partial charge on any atom is -0.492 e. The van der Waals surface area contributed by atoms with Gasteiger partial charge in [-0.3, -0.25) is 4.79 Å². The Morgan fingerprint density at radius 3 is 2.92 bits per heavy atom. The van der Waals surface area contributed by atoms with Crippen LogP contribution < -0.4 is 10.1 Å². The van der Waals surface area contributed by atoms with E-state index in [-0.39, 0.29) is 11.7 Å². The topological polar surface area (TPSA) is 81.9 Å². The number of hydrogen-bond acceptors (Lipinski definition) is 7. The molecule has 7 nitrogen and oxygen atoms in total. The van der Waals surface area contributed by atoms with E-state index in [9.17, 15) is 4.79 Å². The maximum absolute atomic E-state index is 11.9. The Morgan fingerprint density at radius 1 is 1.24 bits per heavy atom. The van der Waals surface area contributed by atoms with Gasteiger partial charge in [-0.15, -0.1) is 16.4 Å². The van der Waals surface area contributed by atoms with Crippen molar-refractivity contribution in [3.63, 3.8) is 0 Å². The summed E-state index contributed by atoms with van der Waals surface area (Å²) in [6.45, 7) is 1.49. The summed E-state index contributed by atoms with van der Waals surface area (Å²) in [5.74, 6) is 0.974. The number of nitrogens with one attached hydrogen (secondary N) is 1.